The number of carbonyl (C=O) groups is 1. The summed E-state index contributed by atoms with van der Waals surface area (Å²) in [6.07, 6.45) is 1.90. The second-order valence-corrected chi connectivity index (χ2v) is 2.67. The standard InChI is InChI=1S/C9H5F2NO.C2H6/c10-6-1-7-5(4-13)3-12-9(7)8(11)2-6;1-2/h1-4,12H;1-2H3. The normalized spacial score (nSPS) is 9.60. The molecule has 1 N–H and O–H groups in total. The number of nitrogens with one attached hydrogen (secondary N) is 1. The first kappa shape index (κ1) is 11.4. The minimum absolute atomic E-state index is 0.156. The largest absolute Gasteiger partial charge is 0.358 e. The second kappa shape index (κ2) is 4.68. The van der Waals surface area contributed by atoms with Crippen LogP contribution >= 0.6 is 0 Å². The SMILES string of the molecule is CC.O=Cc1c[nH]c2c(F)cc(F)cc12. The van der Waals surface area contributed by atoms with Crippen molar-refractivity contribution >= 4 is 17.2 Å². The molecular weight excluding hydrogens is 200 g/mol. The van der Waals surface area contributed by atoms with E-state index in [4.69, 9.17) is 0 Å². The molecule has 2 aromatic rings. The summed E-state index contributed by atoms with van der Waals surface area (Å²) < 4.78 is 25.7. The van der Waals surface area contributed by atoms with Crippen LogP contribution in [0.1, 0.15) is 24.2 Å². The summed E-state index contributed by atoms with van der Waals surface area (Å²) in [7, 11) is 0. The number of H-pyrrole nitrogens is 1. The van der Waals surface area contributed by atoms with Crippen LogP contribution in [-0.4, -0.2) is 11.3 Å². The van der Waals surface area contributed by atoms with Crippen molar-refractivity contribution in [3.05, 3.63) is 35.5 Å². The summed E-state index contributed by atoms with van der Waals surface area (Å²) in [4.78, 5) is 13.0. The predicted molar refractivity (Wildman–Crippen MR) is 55.0 cm³/mol. The van der Waals surface area contributed by atoms with E-state index in [-0.39, 0.29) is 16.5 Å². The van der Waals surface area contributed by atoms with E-state index in [1.807, 2.05) is 13.8 Å². The van der Waals surface area contributed by atoms with Crippen LogP contribution in [0, 0.1) is 11.6 Å². The van der Waals surface area contributed by atoms with Gasteiger partial charge in [-0.05, 0) is 6.07 Å². The van der Waals surface area contributed by atoms with Gasteiger partial charge in [0.05, 0.1) is 5.52 Å². The number of hydrogen-bond acceptors (Lipinski definition) is 1. The van der Waals surface area contributed by atoms with Crippen LogP contribution in [0.2, 0.25) is 0 Å². The van der Waals surface area contributed by atoms with Gasteiger partial charge < -0.3 is 4.98 Å². The van der Waals surface area contributed by atoms with Crippen LogP contribution < -0.4 is 0 Å². The lowest BCUT2D eigenvalue weighted by atomic mass is 10.2. The van der Waals surface area contributed by atoms with Gasteiger partial charge in [0.2, 0.25) is 0 Å². The lowest BCUT2D eigenvalue weighted by Crippen LogP contribution is -1.82. The number of hydrogen-bond donors (Lipinski definition) is 1. The van der Waals surface area contributed by atoms with Crippen LogP contribution in [0.5, 0.6) is 0 Å². The lowest BCUT2D eigenvalue weighted by molar-refractivity contribution is 0.112. The quantitative estimate of drug-likeness (QED) is 0.721. The molecule has 0 aliphatic heterocycles. The van der Waals surface area contributed by atoms with Crippen LogP contribution in [0.4, 0.5) is 8.78 Å². The third-order valence-corrected chi connectivity index (χ3v) is 1.86. The van der Waals surface area contributed by atoms with Crippen LogP contribution in [0.15, 0.2) is 18.3 Å². The van der Waals surface area contributed by atoms with Crippen molar-refractivity contribution in [1.82, 2.24) is 4.98 Å². The third-order valence-electron chi connectivity index (χ3n) is 1.86. The van der Waals surface area contributed by atoms with E-state index >= 15 is 0 Å². The Morgan fingerprint density at radius 3 is 2.53 bits per heavy atom. The average Bonchev–Trinajstić information content (AvgIpc) is 2.64. The molecule has 0 aliphatic carbocycles. The van der Waals surface area contributed by atoms with Crippen molar-refractivity contribution in [2.75, 3.05) is 0 Å². The molecule has 0 fully saturated rings. The van der Waals surface area contributed by atoms with E-state index in [1.165, 1.54) is 6.20 Å². The zero-order valence-electron chi connectivity index (χ0n) is 8.47. The number of benzene rings is 1. The van der Waals surface area contributed by atoms with Crippen molar-refractivity contribution < 1.29 is 13.6 Å². The Hall–Kier alpha value is -1.71. The molecule has 0 aliphatic rings. The first-order chi connectivity index (χ1) is 7.22. The lowest BCUT2D eigenvalue weighted by Gasteiger charge is -1.93. The Labute approximate surface area is 85.9 Å². The monoisotopic (exact) mass is 211 g/mol. The minimum Gasteiger partial charge on any atom is -0.358 e. The van der Waals surface area contributed by atoms with E-state index in [0.29, 0.717) is 6.29 Å². The van der Waals surface area contributed by atoms with Gasteiger partial charge in [-0.2, -0.15) is 0 Å². The summed E-state index contributed by atoms with van der Waals surface area (Å²) in [6.45, 7) is 4.00. The molecule has 0 amide bonds. The van der Waals surface area contributed by atoms with Gasteiger partial charge in [-0.15, -0.1) is 0 Å². The van der Waals surface area contributed by atoms with Crippen LogP contribution in [0.3, 0.4) is 0 Å². The van der Waals surface area contributed by atoms with E-state index in [9.17, 15) is 13.6 Å². The van der Waals surface area contributed by atoms with Gasteiger partial charge in [0, 0.05) is 23.2 Å². The van der Waals surface area contributed by atoms with Crippen molar-refractivity contribution in [3.63, 3.8) is 0 Å². The predicted octanol–water partition coefficient (Wildman–Crippen LogP) is 3.28. The number of rotatable bonds is 1. The highest BCUT2D eigenvalue weighted by molar-refractivity contribution is 5.97. The molecule has 2 rings (SSSR count). The molecule has 0 saturated heterocycles. The summed E-state index contributed by atoms with van der Waals surface area (Å²) in [5.41, 5.74) is 0.414. The fourth-order valence-corrected chi connectivity index (χ4v) is 1.27. The van der Waals surface area contributed by atoms with Gasteiger partial charge >= 0.3 is 0 Å². The van der Waals surface area contributed by atoms with Crippen molar-refractivity contribution in [2.45, 2.75) is 13.8 Å². The topological polar surface area (TPSA) is 32.9 Å². The Morgan fingerprint density at radius 2 is 1.93 bits per heavy atom. The molecule has 1 aromatic carbocycles. The maximum absolute atomic E-state index is 13.0. The number of aldehydes is 1. The molecule has 1 aromatic heterocycles. The zero-order valence-corrected chi connectivity index (χ0v) is 8.47. The van der Waals surface area contributed by atoms with Crippen LogP contribution in [0.25, 0.3) is 10.9 Å². The van der Waals surface area contributed by atoms with Gasteiger partial charge in [0.25, 0.3) is 0 Å². The molecule has 15 heavy (non-hydrogen) atoms. The Balaban J connectivity index is 0.000000531. The third kappa shape index (κ3) is 2.03. The second-order valence-electron chi connectivity index (χ2n) is 2.67. The smallest absolute Gasteiger partial charge is 0.152 e. The van der Waals surface area contributed by atoms with E-state index < -0.39 is 11.6 Å². The molecule has 4 heteroatoms. The number of aromatic amines is 1. The van der Waals surface area contributed by atoms with E-state index in [1.54, 1.807) is 0 Å². The van der Waals surface area contributed by atoms with Gasteiger partial charge in [-0.1, -0.05) is 13.8 Å². The number of fused-ring (bicyclic) bond motifs is 1. The Bertz CT molecular complexity index is 477. The highest BCUT2D eigenvalue weighted by atomic mass is 19.1. The summed E-state index contributed by atoms with van der Waals surface area (Å²) in [5.74, 6) is -1.38. The fraction of sp³-hybridized carbons (Fsp3) is 0.182. The first-order valence-electron chi connectivity index (χ1n) is 4.63. The van der Waals surface area contributed by atoms with Gasteiger partial charge in [0.15, 0.2) is 6.29 Å². The van der Waals surface area contributed by atoms with Gasteiger partial charge in [0.1, 0.15) is 11.6 Å². The summed E-state index contributed by atoms with van der Waals surface area (Å²) in [6, 6.07) is 1.89. The molecule has 0 spiro atoms. The molecular formula is C11H11F2NO. The van der Waals surface area contributed by atoms with Crippen molar-refractivity contribution in [3.8, 4) is 0 Å². The first-order valence-corrected chi connectivity index (χ1v) is 4.63. The Morgan fingerprint density at radius 1 is 1.27 bits per heavy atom. The molecule has 0 atom stereocenters. The zero-order chi connectivity index (χ0) is 11.4. The molecule has 0 saturated carbocycles. The summed E-state index contributed by atoms with van der Waals surface area (Å²) in [5, 5.41) is 0.271. The number of carbonyl (C=O) groups excluding carboxylic acids is 1. The highest BCUT2D eigenvalue weighted by Crippen LogP contribution is 2.20. The van der Waals surface area contributed by atoms with Crippen molar-refractivity contribution in [2.24, 2.45) is 0 Å². The fourth-order valence-electron chi connectivity index (χ4n) is 1.27. The molecule has 0 radical (unpaired) electrons. The highest BCUT2D eigenvalue weighted by Gasteiger charge is 2.08. The van der Waals surface area contributed by atoms with Crippen LogP contribution in [-0.2, 0) is 0 Å². The average molecular weight is 211 g/mol. The molecule has 0 bridgehead atoms. The van der Waals surface area contributed by atoms with E-state index in [2.05, 4.69) is 4.98 Å². The Kier molecular flexibility index (Phi) is 3.55. The van der Waals surface area contributed by atoms with Crippen molar-refractivity contribution in [1.29, 1.82) is 0 Å². The molecule has 2 nitrogen and oxygen atoms in total. The maximum Gasteiger partial charge on any atom is 0.152 e. The number of aromatic nitrogens is 1. The minimum atomic E-state index is -0.692. The van der Waals surface area contributed by atoms with E-state index in [0.717, 1.165) is 12.1 Å². The molecule has 0 unspecified atom stereocenters. The van der Waals surface area contributed by atoms with Gasteiger partial charge in [-0.25, -0.2) is 8.78 Å². The number of halogens is 2. The molecule has 1 heterocycles. The summed E-state index contributed by atoms with van der Waals surface area (Å²) >= 11 is 0. The molecule has 80 valence electrons. The van der Waals surface area contributed by atoms with Gasteiger partial charge in [-0.3, -0.25) is 4.79 Å². The maximum atomic E-state index is 13.0.